The van der Waals surface area contributed by atoms with Gasteiger partial charge in [-0.2, -0.15) is 0 Å². The molecule has 1 aliphatic heterocycles. The molecule has 0 fully saturated rings. The van der Waals surface area contributed by atoms with Crippen LogP contribution >= 0.6 is 50.1 Å². The number of ketones is 1. The molecule has 8 heteroatoms. The highest BCUT2D eigenvalue weighted by Gasteiger charge is 2.29. The largest absolute Gasteiger partial charge is 0.326 e. The molecule has 0 aromatic heterocycles. The molecule has 0 spiro atoms. The average Bonchev–Trinajstić information content (AvgIpc) is 2.60. The van der Waals surface area contributed by atoms with E-state index >= 15 is 0 Å². The van der Waals surface area contributed by atoms with Gasteiger partial charge in [-0.3, -0.25) is 9.69 Å². The highest BCUT2D eigenvalue weighted by molar-refractivity contribution is 14.1. The van der Waals surface area contributed by atoms with Crippen LogP contribution in [0.1, 0.15) is 18.0 Å². The summed E-state index contributed by atoms with van der Waals surface area (Å²) in [5, 5.41) is 3.39. The first-order valence-corrected chi connectivity index (χ1v) is 9.80. The monoisotopic (exact) mass is 548 g/mol. The molecule has 1 N–H and O–H groups in total. The highest BCUT2D eigenvalue weighted by atomic mass is 127. The third-order valence-corrected chi connectivity index (χ3v) is 6.07. The van der Waals surface area contributed by atoms with Gasteiger partial charge in [0.1, 0.15) is 5.82 Å². The first-order valence-electron chi connectivity index (χ1n) is 7.55. The lowest BCUT2D eigenvalue weighted by molar-refractivity contribution is -0.116. The zero-order chi connectivity index (χ0) is 18.8. The van der Waals surface area contributed by atoms with Gasteiger partial charge in [-0.15, -0.1) is 0 Å². The number of benzene rings is 2. The topological polar surface area (TPSA) is 49.4 Å². The van der Waals surface area contributed by atoms with Crippen LogP contribution in [0.3, 0.4) is 0 Å². The van der Waals surface area contributed by atoms with E-state index in [1.165, 1.54) is 29.3 Å². The van der Waals surface area contributed by atoms with E-state index < -0.39 is 12.1 Å². The molecule has 3 rings (SSSR count). The van der Waals surface area contributed by atoms with Crippen LogP contribution in [-0.2, 0) is 4.79 Å². The van der Waals surface area contributed by atoms with Crippen LogP contribution < -0.4 is 5.32 Å². The van der Waals surface area contributed by atoms with Crippen molar-refractivity contribution >= 4 is 67.6 Å². The van der Waals surface area contributed by atoms with E-state index in [9.17, 15) is 14.0 Å². The second-order valence-electron chi connectivity index (χ2n) is 5.64. The fourth-order valence-electron chi connectivity index (χ4n) is 2.60. The molecule has 4 nitrogen and oxygen atoms in total. The number of halogens is 4. The predicted octanol–water partition coefficient (Wildman–Crippen LogP) is 5.91. The Morgan fingerprint density at radius 3 is 2.69 bits per heavy atom. The van der Waals surface area contributed by atoms with Crippen molar-refractivity contribution in [2.45, 2.75) is 12.5 Å². The molecule has 134 valence electrons. The Balaban J connectivity index is 1.88. The van der Waals surface area contributed by atoms with Crippen LogP contribution in [0.15, 0.2) is 53.1 Å². The van der Waals surface area contributed by atoms with Gasteiger partial charge in [-0.05, 0) is 74.4 Å². The summed E-state index contributed by atoms with van der Waals surface area (Å²) >= 11 is 11.5. The maximum absolute atomic E-state index is 13.2. The number of carbonyl (C=O) groups excluding carboxylic acids is 2. The number of hydrogen-bond donors (Lipinski definition) is 1. The molecule has 0 radical (unpaired) electrons. The number of hydrogen-bond acceptors (Lipinski definition) is 2. The molecule has 2 aromatic carbocycles. The Labute approximate surface area is 176 Å². The first-order chi connectivity index (χ1) is 12.3. The van der Waals surface area contributed by atoms with Gasteiger partial charge in [-0.1, -0.05) is 23.7 Å². The molecule has 1 heterocycles. The molecule has 26 heavy (non-hydrogen) atoms. The summed E-state index contributed by atoms with van der Waals surface area (Å²) in [7, 11) is 0. The van der Waals surface area contributed by atoms with Gasteiger partial charge in [0, 0.05) is 20.7 Å². The highest BCUT2D eigenvalue weighted by Crippen LogP contribution is 2.33. The average molecular weight is 550 g/mol. The van der Waals surface area contributed by atoms with Crippen molar-refractivity contribution < 1.29 is 14.0 Å². The van der Waals surface area contributed by atoms with Gasteiger partial charge in [0.15, 0.2) is 5.78 Å². The van der Waals surface area contributed by atoms with Gasteiger partial charge in [0.05, 0.1) is 16.8 Å². The standard InChI is InChI=1S/C18H12BrClFIN2O2/c19-13-8-14(20)15(22)9-16(13)23-18(26)24-6-5-12(25)7-17(24)10-1-3-11(21)4-2-10/h1-6,8-9,17H,7H2,(H,23,26)/t17-/m0/s1. The number of anilines is 1. The fraction of sp³-hybridized carbons (Fsp3) is 0.111. The molecular formula is C18H12BrClFIN2O2. The van der Waals surface area contributed by atoms with Gasteiger partial charge in [0.2, 0.25) is 0 Å². The van der Waals surface area contributed by atoms with Gasteiger partial charge in [-0.25, -0.2) is 9.18 Å². The lowest BCUT2D eigenvalue weighted by atomic mass is 9.97. The summed E-state index contributed by atoms with van der Waals surface area (Å²) in [6.07, 6.45) is 2.94. The Hall–Kier alpha value is -1.45. The van der Waals surface area contributed by atoms with Crippen molar-refractivity contribution in [3.8, 4) is 0 Å². The summed E-state index contributed by atoms with van der Waals surface area (Å²) in [4.78, 5) is 26.1. The quantitative estimate of drug-likeness (QED) is 0.374. The van der Waals surface area contributed by atoms with Crippen LogP contribution in [0.4, 0.5) is 14.9 Å². The summed E-state index contributed by atoms with van der Waals surface area (Å²) in [5.41, 5.74) is 1.25. The summed E-state index contributed by atoms with van der Waals surface area (Å²) in [5.74, 6) is -0.465. The Morgan fingerprint density at radius 1 is 1.31 bits per heavy atom. The van der Waals surface area contributed by atoms with E-state index in [-0.39, 0.29) is 18.0 Å². The van der Waals surface area contributed by atoms with Crippen molar-refractivity contribution in [1.82, 2.24) is 4.90 Å². The van der Waals surface area contributed by atoms with Crippen molar-refractivity contribution in [3.63, 3.8) is 0 Å². The summed E-state index contributed by atoms with van der Waals surface area (Å²) in [6, 6.07) is 8.32. The molecule has 0 bridgehead atoms. The first kappa shape index (κ1) is 19.3. The zero-order valence-corrected chi connectivity index (χ0v) is 17.7. The number of allylic oxidation sites excluding steroid dienone is 1. The van der Waals surface area contributed by atoms with Crippen LogP contribution in [0.2, 0.25) is 5.02 Å². The van der Waals surface area contributed by atoms with Gasteiger partial charge >= 0.3 is 6.03 Å². The molecule has 2 aromatic rings. The van der Waals surface area contributed by atoms with E-state index in [4.69, 9.17) is 11.6 Å². The Morgan fingerprint density at radius 2 is 2.00 bits per heavy atom. The maximum atomic E-state index is 13.2. The minimum Gasteiger partial charge on any atom is -0.306 e. The van der Waals surface area contributed by atoms with Gasteiger partial charge < -0.3 is 5.32 Å². The summed E-state index contributed by atoms with van der Waals surface area (Å²) < 4.78 is 14.6. The molecule has 0 unspecified atom stereocenters. The fourth-order valence-corrected chi connectivity index (χ4v) is 3.80. The normalized spacial score (nSPS) is 16.7. The third kappa shape index (κ3) is 4.27. The Bertz CT molecular complexity index is 905. The van der Waals surface area contributed by atoms with Crippen molar-refractivity contribution in [3.05, 3.63) is 73.1 Å². The minimum absolute atomic E-state index is 0.0920. The number of rotatable bonds is 2. The molecule has 1 aliphatic rings. The SMILES string of the molecule is O=C1C=CN(C(=O)Nc2cc(I)c(Cl)cc2Br)[C@H](c2ccc(F)cc2)C1. The van der Waals surface area contributed by atoms with E-state index in [2.05, 4.69) is 43.8 Å². The third-order valence-electron chi connectivity index (χ3n) is 3.89. The van der Waals surface area contributed by atoms with Gasteiger partial charge in [0.25, 0.3) is 0 Å². The number of amides is 2. The van der Waals surface area contributed by atoms with Crippen LogP contribution in [0.5, 0.6) is 0 Å². The van der Waals surface area contributed by atoms with Crippen LogP contribution in [0, 0.1) is 9.39 Å². The maximum Gasteiger partial charge on any atom is 0.326 e. The lowest BCUT2D eigenvalue weighted by Gasteiger charge is -2.31. The molecule has 0 aliphatic carbocycles. The molecule has 0 saturated carbocycles. The molecular weight excluding hydrogens is 537 g/mol. The minimum atomic E-state index is -0.502. The van der Waals surface area contributed by atoms with Crippen LogP contribution in [0.25, 0.3) is 0 Å². The zero-order valence-electron chi connectivity index (χ0n) is 13.2. The van der Waals surface area contributed by atoms with Crippen molar-refractivity contribution in [1.29, 1.82) is 0 Å². The number of nitrogens with zero attached hydrogens (tertiary/aromatic N) is 1. The smallest absolute Gasteiger partial charge is 0.306 e. The Kier molecular flexibility index (Phi) is 5.99. The number of carbonyl (C=O) groups is 2. The predicted molar refractivity (Wildman–Crippen MR) is 111 cm³/mol. The van der Waals surface area contributed by atoms with Crippen LogP contribution in [-0.4, -0.2) is 16.7 Å². The molecule has 2 amide bonds. The molecule has 0 saturated heterocycles. The second-order valence-corrected chi connectivity index (χ2v) is 8.06. The van der Waals surface area contributed by atoms with Crippen molar-refractivity contribution in [2.24, 2.45) is 0 Å². The number of urea groups is 1. The lowest BCUT2D eigenvalue weighted by Crippen LogP contribution is -2.37. The molecule has 1 atom stereocenters. The van der Waals surface area contributed by atoms with Crippen molar-refractivity contribution in [2.75, 3.05) is 5.32 Å². The van der Waals surface area contributed by atoms with E-state index in [1.807, 2.05) is 0 Å². The van der Waals surface area contributed by atoms with E-state index in [1.54, 1.807) is 24.3 Å². The van der Waals surface area contributed by atoms with E-state index in [0.29, 0.717) is 20.7 Å². The second kappa shape index (κ2) is 8.06. The number of nitrogens with one attached hydrogen (secondary N) is 1. The summed E-state index contributed by atoms with van der Waals surface area (Å²) in [6.45, 7) is 0. The van der Waals surface area contributed by atoms with E-state index in [0.717, 1.165) is 3.57 Å².